The molecule has 0 aliphatic carbocycles. The summed E-state index contributed by atoms with van der Waals surface area (Å²) in [6.45, 7) is 6.12. The molecule has 1 heterocycles. The summed E-state index contributed by atoms with van der Waals surface area (Å²) in [6, 6.07) is 15.8. The van der Waals surface area contributed by atoms with Crippen LogP contribution in [0.2, 0.25) is 0 Å². The summed E-state index contributed by atoms with van der Waals surface area (Å²) in [4.78, 5) is 17.1. The van der Waals surface area contributed by atoms with Crippen molar-refractivity contribution in [3.63, 3.8) is 0 Å². The van der Waals surface area contributed by atoms with E-state index in [1.54, 1.807) is 7.11 Å². The van der Waals surface area contributed by atoms with Crippen molar-refractivity contribution in [3.8, 4) is 11.5 Å². The Labute approximate surface area is 184 Å². The molecule has 0 spiro atoms. The predicted octanol–water partition coefficient (Wildman–Crippen LogP) is 4.61. The molecule has 31 heavy (non-hydrogen) atoms. The van der Waals surface area contributed by atoms with E-state index in [2.05, 4.69) is 29.8 Å². The topological polar surface area (TPSA) is 65.4 Å². The van der Waals surface area contributed by atoms with Crippen LogP contribution in [0.5, 0.6) is 11.5 Å². The summed E-state index contributed by atoms with van der Waals surface area (Å²) in [5, 5.41) is 3.08. The minimum Gasteiger partial charge on any atom is -0.497 e. The minimum absolute atomic E-state index is 0.0903. The Balaban J connectivity index is 1.60. The van der Waals surface area contributed by atoms with Gasteiger partial charge in [0.2, 0.25) is 5.91 Å². The van der Waals surface area contributed by atoms with Gasteiger partial charge >= 0.3 is 0 Å². The Bertz CT molecular complexity index is 979. The fraction of sp³-hybridized carbons (Fsp3) is 0.440. The van der Waals surface area contributed by atoms with Crippen LogP contribution in [0.4, 0.5) is 0 Å². The van der Waals surface area contributed by atoms with Crippen molar-refractivity contribution in [1.82, 2.24) is 14.9 Å². The maximum atomic E-state index is 12.3. The molecule has 0 unspecified atom stereocenters. The van der Waals surface area contributed by atoms with Crippen LogP contribution in [0.1, 0.15) is 38.9 Å². The third-order valence-corrected chi connectivity index (χ3v) is 5.57. The molecule has 0 aliphatic rings. The van der Waals surface area contributed by atoms with E-state index in [-0.39, 0.29) is 11.8 Å². The molecule has 6 nitrogen and oxygen atoms in total. The number of aryl methyl sites for hydroxylation is 1. The van der Waals surface area contributed by atoms with E-state index in [0.717, 1.165) is 54.2 Å². The van der Waals surface area contributed by atoms with Crippen molar-refractivity contribution in [2.24, 2.45) is 5.92 Å². The summed E-state index contributed by atoms with van der Waals surface area (Å²) >= 11 is 0. The Morgan fingerprint density at radius 2 is 1.87 bits per heavy atom. The number of para-hydroxylation sites is 2. The lowest BCUT2D eigenvalue weighted by molar-refractivity contribution is -0.125. The molecule has 1 N–H and O–H groups in total. The van der Waals surface area contributed by atoms with Crippen LogP contribution in [0.3, 0.4) is 0 Å². The summed E-state index contributed by atoms with van der Waals surface area (Å²) in [5.74, 6) is 2.81. The second-order valence-electron chi connectivity index (χ2n) is 7.60. The van der Waals surface area contributed by atoms with Gasteiger partial charge in [-0.15, -0.1) is 0 Å². The van der Waals surface area contributed by atoms with Crippen LogP contribution in [0.15, 0.2) is 48.5 Å². The van der Waals surface area contributed by atoms with Gasteiger partial charge in [0.15, 0.2) is 0 Å². The van der Waals surface area contributed by atoms with E-state index >= 15 is 0 Å². The lowest BCUT2D eigenvalue weighted by Crippen LogP contribution is -2.32. The molecule has 3 rings (SSSR count). The standard InChI is InChI=1S/C25H33N3O3/c1-4-19(5-2)25(29)26-15-14-24-27-22-12-6-7-13-23(22)28(24)16-9-17-31-21-11-8-10-20(18-21)30-3/h6-8,10-13,18-19H,4-5,9,14-17H2,1-3H3,(H,26,29). The molecule has 0 bridgehead atoms. The van der Waals surface area contributed by atoms with Gasteiger partial charge in [-0.1, -0.05) is 32.0 Å². The third-order valence-electron chi connectivity index (χ3n) is 5.57. The molecule has 0 fully saturated rings. The van der Waals surface area contributed by atoms with Crippen LogP contribution < -0.4 is 14.8 Å². The van der Waals surface area contributed by atoms with E-state index < -0.39 is 0 Å². The minimum atomic E-state index is 0.0903. The van der Waals surface area contributed by atoms with Gasteiger partial charge in [-0.05, 0) is 43.5 Å². The maximum absolute atomic E-state index is 12.3. The highest BCUT2D eigenvalue weighted by molar-refractivity contribution is 5.78. The normalized spacial score (nSPS) is 11.1. The SMILES string of the molecule is CCC(CC)C(=O)NCCc1nc2ccccc2n1CCCOc1cccc(OC)c1. The quantitative estimate of drug-likeness (QED) is 0.432. The first-order valence-corrected chi connectivity index (χ1v) is 11.1. The number of ether oxygens (including phenoxy) is 2. The van der Waals surface area contributed by atoms with Gasteiger partial charge < -0.3 is 19.4 Å². The van der Waals surface area contributed by atoms with Crippen LogP contribution >= 0.6 is 0 Å². The zero-order chi connectivity index (χ0) is 22.1. The van der Waals surface area contributed by atoms with Crippen molar-refractivity contribution in [1.29, 1.82) is 0 Å². The number of imidazole rings is 1. The zero-order valence-electron chi connectivity index (χ0n) is 18.8. The van der Waals surface area contributed by atoms with Gasteiger partial charge in [0.25, 0.3) is 0 Å². The smallest absolute Gasteiger partial charge is 0.223 e. The lowest BCUT2D eigenvalue weighted by atomic mass is 10.0. The number of carbonyl (C=O) groups is 1. The third kappa shape index (κ3) is 6.00. The Kier molecular flexibility index (Phi) is 8.33. The molecule has 0 saturated carbocycles. The molecule has 0 atom stereocenters. The summed E-state index contributed by atoms with van der Waals surface area (Å²) in [6.07, 6.45) is 3.30. The number of fused-ring (bicyclic) bond motifs is 1. The predicted molar refractivity (Wildman–Crippen MR) is 124 cm³/mol. The molecule has 166 valence electrons. The largest absolute Gasteiger partial charge is 0.497 e. The number of nitrogens with one attached hydrogen (secondary N) is 1. The molecule has 3 aromatic rings. The summed E-state index contributed by atoms with van der Waals surface area (Å²) < 4.78 is 13.4. The Hall–Kier alpha value is -3.02. The first-order valence-electron chi connectivity index (χ1n) is 11.1. The summed E-state index contributed by atoms with van der Waals surface area (Å²) in [5.41, 5.74) is 2.10. The van der Waals surface area contributed by atoms with Gasteiger partial charge in [0.1, 0.15) is 17.3 Å². The number of hydrogen-bond acceptors (Lipinski definition) is 4. The van der Waals surface area contributed by atoms with Crippen LogP contribution in [-0.2, 0) is 17.8 Å². The molecule has 1 amide bonds. The van der Waals surface area contributed by atoms with E-state index in [1.165, 1.54) is 0 Å². The van der Waals surface area contributed by atoms with Crippen molar-refractivity contribution < 1.29 is 14.3 Å². The Morgan fingerprint density at radius 3 is 2.65 bits per heavy atom. The van der Waals surface area contributed by atoms with Gasteiger partial charge in [-0.3, -0.25) is 4.79 Å². The number of benzene rings is 2. The Morgan fingerprint density at radius 1 is 1.10 bits per heavy atom. The molecular weight excluding hydrogens is 390 g/mol. The number of amides is 1. The molecular formula is C25H33N3O3. The number of hydrogen-bond donors (Lipinski definition) is 1. The van der Waals surface area contributed by atoms with Crippen molar-refractivity contribution in [3.05, 3.63) is 54.4 Å². The fourth-order valence-corrected chi connectivity index (χ4v) is 3.77. The number of aromatic nitrogens is 2. The molecule has 1 aromatic heterocycles. The van der Waals surface area contributed by atoms with Crippen molar-refractivity contribution >= 4 is 16.9 Å². The average Bonchev–Trinajstić information content (AvgIpc) is 3.15. The van der Waals surface area contributed by atoms with Gasteiger partial charge in [0.05, 0.1) is 24.8 Å². The van der Waals surface area contributed by atoms with Crippen molar-refractivity contribution in [2.75, 3.05) is 20.3 Å². The molecule has 2 aromatic carbocycles. The average molecular weight is 424 g/mol. The van der Waals surface area contributed by atoms with Gasteiger partial charge in [-0.2, -0.15) is 0 Å². The highest BCUT2D eigenvalue weighted by Gasteiger charge is 2.15. The monoisotopic (exact) mass is 423 g/mol. The maximum Gasteiger partial charge on any atom is 0.223 e. The van der Waals surface area contributed by atoms with E-state index in [4.69, 9.17) is 14.5 Å². The number of rotatable bonds is 12. The molecule has 6 heteroatoms. The number of carbonyl (C=O) groups excluding carboxylic acids is 1. The van der Waals surface area contributed by atoms with Gasteiger partial charge in [-0.25, -0.2) is 4.98 Å². The highest BCUT2D eigenvalue weighted by atomic mass is 16.5. The molecule has 0 radical (unpaired) electrons. The van der Waals surface area contributed by atoms with Gasteiger partial charge in [0, 0.05) is 31.5 Å². The van der Waals surface area contributed by atoms with Crippen LogP contribution in [0.25, 0.3) is 11.0 Å². The first-order chi connectivity index (χ1) is 15.2. The summed E-state index contributed by atoms with van der Waals surface area (Å²) in [7, 11) is 1.65. The van der Waals surface area contributed by atoms with Crippen LogP contribution in [0, 0.1) is 5.92 Å². The second-order valence-corrected chi connectivity index (χ2v) is 7.60. The first kappa shape index (κ1) is 22.7. The van der Waals surface area contributed by atoms with E-state index in [0.29, 0.717) is 19.6 Å². The van der Waals surface area contributed by atoms with E-state index in [9.17, 15) is 4.79 Å². The number of nitrogens with zero attached hydrogens (tertiary/aromatic N) is 2. The molecule has 0 saturated heterocycles. The zero-order valence-corrected chi connectivity index (χ0v) is 18.8. The fourth-order valence-electron chi connectivity index (χ4n) is 3.77. The molecule has 0 aliphatic heterocycles. The second kappa shape index (κ2) is 11.4. The highest BCUT2D eigenvalue weighted by Crippen LogP contribution is 2.20. The lowest BCUT2D eigenvalue weighted by Gasteiger charge is -2.14. The van der Waals surface area contributed by atoms with E-state index in [1.807, 2.05) is 42.5 Å². The van der Waals surface area contributed by atoms with Crippen molar-refractivity contribution in [2.45, 2.75) is 46.1 Å². The number of methoxy groups -OCH3 is 1. The van der Waals surface area contributed by atoms with Crippen LogP contribution in [-0.4, -0.2) is 35.7 Å².